The summed E-state index contributed by atoms with van der Waals surface area (Å²) in [6.45, 7) is 1.67. The van der Waals surface area contributed by atoms with Crippen LogP contribution in [0.4, 0.5) is 0 Å². The minimum absolute atomic E-state index is 0.132. The first-order valence-corrected chi connectivity index (χ1v) is 8.44. The van der Waals surface area contributed by atoms with Gasteiger partial charge >= 0.3 is 0 Å². The summed E-state index contributed by atoms with van der Waals surface area (Å²) in [5, 5.41) is 2.94. The number of unbranched alkanes of at least 4 members (excludes halogenated alkanes) is 1. The van der Waals surface area contributed by atoms with E-state index in [9.17, 15) is 4.79 Å². The topological polar surface area (TPSA) is 50.8 Å². The first-order valence-electron chi connectivity index (χ1n) is 8.44. The number of para-hydroxylation sites is 1. The molecule has 0 bridgehead atoms. The predicted molar refractivity (Wildman–Crippen MR) is 99.6 cm³/mol. The number of ether oxygens (including phenoxy) is 2. The van der Waals surface area contributed by atoms with Gasteiger partial charge in [-0.15, -0.1) is 0 Å². The molecule has 0 aliphatic carbocycles. The fraction of sp³-hybridized carbons (Fsp3) is 0.350. The highest BCUT2D eigenvalue weighted by atomic mass is 16.5. The van der Waals surface area contributed by atoms with Crippen molar-refractivity contribution in [3.63, 3.8) is 0 Å². The van der Waals surface area contributed by atoms with Crippen LogP contribution in [0.1, 0.15) is 23.2 Å². The smallest absolute Gasteiger partial charge is 0.255 e. The first-order chi connectivity index (χ1) is 12.1. The van der Waals surface area contributed by atoms with Crippen molar-refractivity contribution in [2.75, 3.05) is 34.3 Å². The van der Waals surface area contributed by atoms with Gasteiger partial charge in [0.2, 0.25) is 0 Å². The Morgan fingerprint density at radius 2 is 1.80 bits per heavy atom. The van der Waals surface area contributed by atoms with Gasteiger partial charge in [0.25, 0.3) is 5.91 Å². The quantitative estimate of drug-likeness (QED) is 0.708. The summed E-state index contributed by atoms with van der Waals surface area (Å²) in [6.07, 6.45) is 2.00. The second-order valence-electron chi connectivity index (χ2n) is 6.04. The van der Waals surface area contributed by atoms with Crippen molar-refractivity contribution < 1.29 is 14.3 Å². The van der Waals surface area contributed by atoms with Crippen LogP contribution >= 0.6 is 0 Å². The molecule has 2 aromatic carbocycles. The van der Waals surface area contributed by atoms with Crippen LogP contribution in [0, 0.1) is 0 Å². The normalized spacial score (nSPS) is 10.6. The van der Waals surface area contributed by atoms with Gasteiger partial charge in [0, 0.05) is 12.6 Å². The fourth-order valence-electron chi connectivity index (χ4n) is 2.40. The van der Waals surface area contributed by atoms with E-state index in [-0.39, 0.29) is 5.91 Å². The molecule has 0 fully saturated rings. The average Bonchev–Trinajstić information content (AvgIpc) is 2.61. The Hall–Kier alpha value is -2.53. The standard InChI is InChI=1S/C20H26N2O3/c1-22(2)14-8-7-13-21-20(23)18-12-11-17(15-19(18)24-3)25-16-9-5-4-6-10-16/h4-6,9-12,15H,7-8,13-14H2,1-3H3,(H,21,23). The molecule has 0 heterocycles. The summed E-state index contributed by atoms with van der Waals surface area (Å²) < 4.78 is 11.1. The van der Waals surface area contributed by atoms with E-state index in [0.717, 1.165) is 25.1 Å². The number of hydrogen-bond acceptors (Lipinski definition) is 4. The molecule has 1 N–H and O–H groups in total. The third-order valence-electron chi connectivity index (χ3n) is 3.71. The summed E-state index contributed by atoms with van der Waals surface area (Å²) in [5.41, 5.74) is 0.510. The number of nitrogens with zero attached hydrogens (tertiary/aromatic N) is 1. The summed E-state index contributed by atoms with van der Waals surface area (Å²) in [7, 11) is 5.64. The van der Waals surface area contributed by atoms with E-state index in [0.29, 0.717) is 23.6 Å². The van der Waals surface area contributed by atoms with E-state index in [4.69, 9.17) is 9.47 Å². The molecule has 5 heteroatoms. The van der Waals surface area contributed by atoms with Crippen molar-refractivity contribution in [1.82, 2.24) is 10.2 Å². The molecule has 1 amide bonds. The van der Waals surface area contributed by atoms with Gasteiger partial charge in [-0.3, -0.25) is 4.79 Å². The molecule has 5 nitrogen and oxygen atoms in total. The van der Waals surface area contributed by atoms with Crippen LogP contribution in [0.15, 0.2) is 48.5 Å². The molecule has 0 atom stereocenters. The molecular formula is C20H26N2O3. The van der Waals surface area contributed by atoms with Gasteiger partial charge < -0.3 is 19.7 Å². The Labute approximate surface area is 149 Å². The van der Waals surface area contributed by atoms with Crippen molar-refractivity contribution in [2.24, 2.45) is 0 Å². The number of amides is 1. The van der Waals surface area contributed by atoms with Gasteiger partial charge in [0.15, 0.2) is 0 Å². The molecule has 2 rings (SSSR count). The number of nitrogens with one attached hydrogen (secondary N) is 1. The SMILES string of the molecule is COc1cc(Oc2ccccc2)ccc1C(=O)NCCCCN(C)C. The molecule has 0 aromatic heterocycles. The second-order valence-corrected chi connectivity index (χ2v) is 6.04. The summed E-state index contributed by atoms with van der Waals surface area (Å²) in [4.78, 5) is 14.5. The van der Waals surface area contributed by atoms with Gasteiger partial charge in [-0.25, -0.2) is 0 Å². The lowest BCUT2D eigenvalue weighted by Gasteiger charge is -2.12. The largest absolute Gasteiger partial charge is 0.496 e. The maximum atomic E-state index is 12.3. The third-order valence-corrected chi connectivity index (χ3v) is 3.71. The van der Waals surface area contributed by atoms with E-state index in [1.165, 1.54) is 0 Å². The number of methoxy groups -OCH3 is 1. The molecule has 2 aromatic rings. The lowest BCUT2D eigenvalue weighted by atomic mass is 10.1. The molecule has 0 spiro atoms. The first kappa shape index (κ1) is 18.8. The number of hydrogen-bond donors (Lipinski definition) is 1. The van der Waals surface area contributed by atoms with Crippen molar-refractivity contribution in [3.05, 3.63) is 54.1 Å². The van der Waals surface area contributed by atoms with Crippen LogP contribution in [-0.4, -0.2) is 45.1 Å². The van der Waals surface area contributed by atoms with E-state index in [2.05, 4.69) is 10.2 Å². The molecular weight excluding hydrogens is 316 g/mol. The Balaban J connectivity index is 1.95. The Bertz CT molecular complexity index is 672. The summed E-state index contributed by atoms with van der Waals surface area (Å²) >= 11 is 0. The highest BCUT2D eigenvalue weighted by molar-refractivity contribution is 5.97. The van der Waals surface area contributed by atoms with Crippen molar-refractivity contribution in [2.45, 2.75) is 12.8 Å². The third kappa shape index (κ3) is 6.12. The number of carbonyl (C=O) groups excluding carboxylic acids is 1. The highest BCUT2D eigenvalue weighted by Crippen LogP contribution is 2.28. The molecule has 0 saturated heterocycles. The van der Waals surface area contributed by atoms with E-state index < -0.39 is 0 Å². The lowest BCUT2D eigenvalue weighted by Crippen LogP contribution is -2.25. The van der Waals surface area contributed by atoms with Gasteiger partial charge in [0.1, 0.15) is 17.2 Å². The Kier molecular flexibility index (Phi) is 7.29. The van der Waals surface area contributed by atoms with E-state index in [1.807, 2.05) is 44.4 Å². The zero-order valence-corrected chi connectivity index (χ0v) is 15.1. The molecule has 0 radical (unpaired) electrons. The van der Waals surface area contributed by atoms with E-state index in [1.54, 1.807) is 25.3 Å². The summed E-state index contributed by atoms with van der Waals surface area (Å²) in [5.74, 6) is 1.74. The summed E-state index contributed by atoms with van der Waals surface area (Å²) in [6, 6.07) is 14.7. The number of carbonyl (C=O) groups is 1. The Morgan fingerprint density at radius 1 is 1.04 bits per heavy atom. The number of rotatable bonds is 9. The van der Waals surface area contributed by atoms with Crippen LogP contribution in [0.3, 0.4) is 0 Å². The average molecular weight is 342 g/mol. The molecule has 25 heavy (non-hydrogen) atoms. The number of benzene rings is 2. The molecule has 0 aliphatic rings. The molecule has 0 unspecified atom stereocenters. The minimum Gasteiger partial charge on any atom is -0.496 e. The fourth-order valence-corrected chi connectivity index (χ4v) is 2.40. The zero-order chi connectivity index (χ0) is 18.1. The maximum Gasteiger partial charge on any atom is 0.255 e. The molecule has 0 saturated carbocycles. The molecule has 134 valence electrons. The minimum atomic E-state index is -0.132. The van der Waals surface area contributed by atoms with Crippen LogP contribution in [0.5, 0.6) is 17.2 Å². The van der Waals surface area contributed by atoms with Crippen LogP contribution < -0.4 is 14.8 Å². The van der Waals surface area contributed by atoms with Crippen molar-refractivity contribution >= 4 is 5.91 Å². The van der Waals surface area contributed by atoms with Crippen LogP contribution in [0.25, 0.3) is 0 Å². The van der Waals surface area contributed by atoms with Gasteiger partial charge in [-0.05, 0) is 57.7 Å². The van der Waals surface area contributed by atoms with Crippen molar-refractivity contribution in [1.29, 1.82) is 0 Å². The monoisotopic (exact) mass is 342 g/mol. The van der Waals surface area contributed by atoms with E-state index >= 15 is 0 Å². The van der Waals surface area contributed by atoms with Crippen molar-refractivity contribution in [3.8, 4) is 17.2 Å². The van der Waals surface area contributed by atoms with Crippen LogP contribution in [-0.2, 0) is 0 Å². The second kappa shape index (κ2) is 9.69. The van der Waals surface area contributed by atoms with Gasteiger partial charge in [0.05, 0.1) is 12.7 Å². The highest BCUT2D eigenvalue weighted by Gasteiger charge is 2.13. The lowest BCUT2D eigenvalue weighted by molar-refractivity contribution is 0.0949. The molecule has 0 aliphatic heterocycles. The van der Waals surface area contributed by atoms with Gasteiger partial charge in [-0.2, -0.15) is 0 Å². The maximum absolute atomic E-state index is 12.3. The van der Waals surface area contributed by atoms with Gasteiger partial charge in [-0.1, -0.05) is 18.2 Å². The Morgan fingerprint density at radius 3 is 2.48 bits per heavy atom. The van der Waals surface area contributed by atoms with Crippen LogP contribution in [0.2, 0.25) is 0 Å². The zero-order valence-electron chi connectivity index (χ0n) is 15.1. The predicted octanol–water partition coefficient (Wildman–Crippen LogP) is 3.56.